The lowest BCUT2D eigenvalue weighted by Gasteiger charge is -2.30. The maximum atomic E-state index is 13.7. The Morgan fingerprint density at radius 1 is 1.13 bits per heavy atom. The van der Waals surface area contributed by atoms with Gasteiger partial charge in [0.05, 0.1) is 10.6 Å². The van der Waals surface area contributed by atoms with E-state index in [1.54, 1.807) is 47.8 Å². The molecule has 9 heteroatoms. The maximum absolute atomic E-state index is 13.7. The number of nitrogens with zero attached hydrogens (tertiary/aromatic N) is 4. The van der Waals surface area contributed by atoms with E-state index in [4.69, 9.17) is 0 Å². The lowest BCUT2D eigenvalue weighted by molar-refractivity contribution is 0.0984. The molecule has 8 nitrogen and oxygen atoms in total. The zero-order chi connectivity index (χ0) is 26.6. The van der Waals surface area contributed by atoms with Gasteiger partial charge in [-0.3, -0.25) is 9.59 Å². The van der Waals surface area contributed by atoms with E-state index in [0.717, 1.165) is 24.1 Å². The summed E-state index contributed by atoms with van der Waals surface area (Å²) in [6.07, 6.45) is 7.52. The molecule has 4 aromatic rings. The lowest BCUT2D eigenvalue weighted by Crippen LogP contribution is -2.37. The van der Waals surface area contributed by atoms with E-state index < -0.39 is 6.61 Å². The normalized spacial score (nSPS) is 15.9. The number of rotatable bonds is 5. The highest BCUT2D eigenvalue weighted by atomic mass is 32.1. The fourth-order valence-corrected chi connectivity index (χ4v) is 7.26. The predicted molar refractivity (Wildman–Crippen MR) is 148 cm³/mol. The van der Waals surface area contributed by atoms with Crippen molar-refractivity contribution in [2.24, 2.45) is 12.5 Å². The molecule has 2 aliphatic rings. The summed E-state index contributed by atoms with van der Waals surface area (Å²) in [6.45, 7) is 4.61. The van der Waals surface area contributed by atoms with Crippen LogP contribution in [0.25, 0.3) is 11.1 Å². The van der Waals surface area contributed by atoms with Crippen molar-refractivity contribution in [1.82, 2.24) is 14.5 Å². The first-order chi connectivity index (χ1) is 18.3. The summed E-state index contributed by atoms with van der Waals surface area (Å²) >= 11 is 1.63. The number of aryl methyl sites for hydroxylation is 1. The maximum Gasteiger partial charge on any atom is 0.274 e. The molecule has 4 heterocycles. The van der Waals surface area contributed by atoms with E-state index in [0.29, 0.717) is 40.4 Å². The van der Waals surface area contributed by atoms with E-state index in [1.165, 1.54) is 26.9 Å². The summed E-state index contributed by atoms with van der Waals surface area (Å²) < 4.78 is 1.48. The number of carbonyl (C=O) groups is 1. The second-order valence-corrected chi connectivity index (χ2v) is 11.9. The molecule has 38 heavy (non-hydrogen) atoms. The van der Waals surface area contributed by atoms with Crippen molar-refractivity contribution >= 4 is 34.4 Å². The number of carbonyl (C=O) groups excluding carboxylic acids is 1. The van der Waals surface area contributed by atoms with E-state index in [9.17, 15) is 14.7 Å². The molecule has 1 aliphatic carbocycles. The third-order valence-corrected chi connectivity index (χ3v) is 8.71. The lowest BCUT2D eigenvalue weighted by atomic mass is 9.89. The van der Waals surface area contributed by atoms with Crippen LogP contribution in [0, 0.1) is 5.41 Å². The number of hydrogen-bond acceptors (Lipinski definition) is 6. The van der Waals surface area contributed by atoms with Crippen molar-refractivity contribution in [3.05, 3.63) is 85.9 Å². The fraction of sp³-hybridized carbons (Fsp3) is 0.310. The van der Waals surface area contributed by atoms with Crippen molar-refractivity contribution in [2.75, 3.05) is 16.8 Å². The zero-order valence-corrected chi connectivity index (χ0v) is 22.4. The van der Waals surface area contributed by atoms with Crippen molar-refractivity contribution in [2.45, 2.75) is 39.7 Å². The number of thiophene rings is 1. The quantitative estimate of drug-likeness (QED) is 0.399. The Hall–Kier alpha value is -3.82. The molecular formula is C29H28N5O3S. The third kappa shape index (κ3) is 4.12. The van der Waals surface area contributed by atoms with E-state index >= 15 is 0 Å². The Morgan fingerprint density at radius 3 is 2.74 bits per heavy atom. The van der Waals surface area contributed by atoms with Gasteiger partial charge in [-0.1, -0.05) is 26.0 Å². The first-order valence-corrected chi connectivity index (χ1v) is 13.5. The number of aromatic nitrogens is 3. The molecule has 1 N–H and O–H groups in total. The Bertz CT molecular complexity index is 1620. The summed E-state index contributed by atoms with van der Waals surface area (Å²) in [5.41, 5.74) is 5.52. The number of hydrogen-bond donors (Lipinski definition) is 1. The molecule has 1 aliphatic heterocycles. The Labute approximate surface area is 224 Å². The largest absolute Gasteiger partial charge is 0.336 e. The number of amides is 1. The van der Waals surface area contributed by atoms with Crippen LogP contribution in [-0.2, 0) is 38.0 Å². The number of nitrogens with one attached hydrogen (secondary N) is 1. The average molecular weight is 527 g/mol. The van der Waals surface area contributed by atoms with Gasteiger partial charge in [0.1, 0.15) is 24.4 Å². The van der Waals surface area contributed by atoms with Gasteiger partial charge in [-0.15, -0.1) is 11.3 Å². The SMILES string of the molecule is Cn1cc(-c2cccc(N3CCc4c(sc5c4CC(C)(C)C5)C3=O)c2C[O])cc(Nc2ccncn2)c1=O. The van der Waals surface area contributed by atoms with Crippen LogP contribution in [0.4, 0.5) is 17.2 Å². The molecule has 6 rings (SSSR count). The molecule has 1 radical (unpaired) electrons. The zero-order valence-electron chi connectivity index (χ0n) is 21.6. The second kappa shape index (κ2) is 9.18. The van der Waals surface area contributed by atoms with Gasteiger partial charge in [0, 0.05) is 42.0 Å². The fourth-order valence-electron chi connectivity index (χ4n) is 5.69. The monoisotopic (exact) mass is 526 g/mol. The summed E-state index contributed by atoms with van der Waals surface area (Å²) in [5.74, 6) is 0.467. The summed E-state index contributed by atoms with van der Waals surface area (Å²) in [5, 5.41) is 15.7. The van der Waals surface area contributed by atoms with Crippen molar-refractivity contribution in [1.29, 1.82) is 0 Å². The molecule has 0 spiro atoms. The van der Waals surface area contributed by atoms with Gasteiger partial charge < -0.3 is 14.8 Å². The number of pyridine rings is 1. The summed E-state index contributed by atoms with van der Waals surface area (Å²) in [7, 11) is 1.67. The predicted octanol–water partition coefficient (Wildman–Crippen LogP) is 4.91. The van der Waals surface area contributed by atoms with Crippen LogP contribution >= 0.6 is 11.3 Å². The standard InChI is InChI=1S/C29H28N5O3S/c1-29(2)12-20-19-8-10-34(28(37)26(19)38-24(20)13-29)23-6-4-5-18(21(23)15-35)17-11-22(27(36)33(3)14-17)32-25-7-9-30-16-31-25/h4-7,9,11,14,16H,8,10,12-13,15H2,1-3H3,(H,30,31,32). The van der Waals surface area contributed by atoms with Gasteiger partial charge >= 0.3 is 0 Å². The van der Waals surface area contributed by atoms with Crippen LogP contribution in [-0.4, -0.2) is 27.0 Å². The van der Waals surface area contributed by atoms with Gasteiger partial charge in [0.25, 0.3) is 11.5 Å². The van der Waals surface area contributed by atoms with Gasteiger partial charge in [0.2, 0.25) is 0 Å². The summed E-state index contributed by atoms with van der Waals surface area (Å²) in [4.78, 5) is 38.5. The number of benzene rings is 1. The molecule has 193 valence electrons. The van der Waals surface area contributed by atoms with E-state index in [1.807, 2.05) is 18.2 Å². The average Bonchev–Trinajstić information content (AvgIpc) is 3.39. The molecule has 3 aromatic heterocycles. The highest BCUT2D eigenvalue weighted by Gasteiger charge is 2.38. The number of anilines is 3. The first kappa shape index (κ1) is 24.5. The molecule has 0 fully saturated rings. The first-order valence-electron chi connectivity index (χ1n) is 12.6. The van der Waals surface area contributed by atoms with Crippen molar-refractivity contribution in [3.8, 4) is 11.1 Å². The minimum atomic E-state index is -0.491. The Morgan fingerprint density at radius 2 is 1.97 bits per heavy atom. The third-order valence-electron chi connectivity index (χ3n) is 7.44. The molecule has 1 amide bonds. The Kier molecular flexibility index (Phi) is 5.92. The van der Waals surface area contributed by atoms with Crippen LogP contribution in [0.3, 0.4) is 0 Å². The smallest absolute Gasteiger partial charge is 0.274 e. The van der Waals surface area contributed by atoms with Crippen LogP contribution in [0.1, 0.15) is 45.1 Å². The topological polar surface area (TPSA) is 100 Å². The molecular weight excluding hydrogens is 498 g/mol. The van der Waals surface area contributed by atoms with Crippen LogP contribution < -0.4 is 15.8 Å². The molecule has 0 saturated heterocycles. The van der Waals surface area contributed by atoms with Crippen molar-refractivity contribution in [3.63, 3.8) is 0 Å². The van der Waals surface area contributed by atoms with Gasteiger partial charge in [-0.05, 0) is 59.6 Å². The highest BCUT2D eigenvalue weighted by molar-refractivity contribution is 7.14. The van der Waals surface area contributed by atoms with E-state index in [-0.39, 0.29) is 16.9 Å². The highest BCUT2D eigenvalue weighted by Crippen LogP contribution is 2.46. The van der Waals surface area contributed by atoms with Gasteiger partial charge in [-0.25, -0.2) is 15.1 Å². The van der Waals surface area contributed by atoms with Crippen LogP contribution in [0.15, 0.2) is 53.8 Å². The molecule has 1 aromatic carbocycles. The summed E-state index contributed by atoms with van der Waals surface area (Å²) in [6, 6.07) is 8.99. The minimum absolute atomic E-state index is 0.0260. The molecule has 0 unspecified atom stereocenters. The van der Waals surface area contributed by atoms with Crippen LogP contribution in [0.2, 0.25) is 0 Å². The Balaban J connectivity index is 1.38. The van der Waals surface area contributed by atoms with E-state index in [2.05, 4.69) is 29.1 Å². The van der Waals surface area contributed by atoms with Gasteiger partial charge in [0.15, 0.2) is 0 Å². The van der Waals surface area contributed by atoms with Gasteiger partial charge in [-0.2, -0.15) is 0 Å². The number of fused-ring (bicyclic) bond motifs is 3. The second-order valence-electron chi connectivity index (χ2n) is 10.8. The van der Waals surface area contributed by atoms with Crippen LogP contribution in [0.5, 0.6) is 0 Å². The van der Waals surface area contributed by atoms with Crippen molar-refractivity contribution < 1.29 is 9.90 Å². The molecule has 0 bridgehead atoms. The molecule has 0 atom stereocenters. The molecule has 0 saturated carbocycles. The minimum Gasteiger partial charge on any atom is -0.336 e.